The summed E-state index contributed by atoms with van der Waals surface area (Å²) in [5, 5.41) is 10.1. The van der Waals surface area contributed by atoms with E-state index in [2.05, 4.69) is 47.2 Å². The van der Waals surface area contributed by atoms with Crippen LogP contribution < -0.4 is 0 Å². The lowest BCUT2D eigenvalue weighted by atomic mass is 9.63. The summed E-state index contributed by atoms with van der Waals surface area (Å²) in [5.74, 6) is 1.46. The van der Waals surface area contributed by atoms with Crippen LogP contribution in [0.15, 0.2) is 24.3 Å². The minimum absolute atomic E-state index is 0.0419. The summed E-state index contributed by atoms with van der Waals surface area (Å²) < 4.78 is 0. The summed E-state index contributed by atoms with van der Waals surface area (Å²) in [6.07, 6.45) is 0. The van der Waals surface area contributed by atoms with Gasteiger partial charge in [0, 0.05) is 0 Å². The van der Waals surface area contributed by atoms with Crippen LogP contribution >= 0.6 is 12.6 Å². The second-order valence-electron chi connectivity index (χ2n) is 6.50. The fourth-order valence-electron chi connectivity index (χ4n) is 2.88. The van der Waals surface area contributed by atoms with Gasteiger partial charge in [0.2, 0.25) is 0 Å². The van der Waals surface area contributed by atoms with Gasteiger partial charge < -0.3 is 5.11 Å². The van der Waals surface area contributed by atoms with Crippen molar-refractivity contribution >= 4 is 12.6 Å². The van der Waals surface area contributed by atoms with E-state index in [1.165, 1.54) is 0 Å². The van der Waals surface area contributed by atoms with Crippen LogP contribution in [0, 0.1) is 10.8 Å². The maximum Gasteiger partial charge on any atom is 0.119 e. The maximum absolute atomic E-state index is 10.1. The largest absolute Gasteiger partial charge is 0.508 e. The van der Waals surface area contributed by atoms with Crippen LogP contribution in [-0.2, 0) is 0 Å². The van der Waals surface area contributed by atoms with Crippen LogP contribution in [0.5, 0.6) is 5.75 Å². The fraction of sp³-hybridized carbons (Fsp3) is 0.600. The van der Waals surface area contributed by atoms with Gasteiger partial charge in [-0.2, -0.15) is 12.6 Å². The molecule has 0 fully saturated rings. The quantitative estimate of drug-likeness (QED) is 0.760. The predicted molar refractivity (Wildman–Crippen MR) is 77.9 cm³/mol. The molecule has 17 heavy (non-hydrogen) atoms. The highest BCUT2D eigenvalue weighted by molar-refractivity contribution is 7.80. The highest BCUT2D eigenvalue weighted by Gasteiger charge is 2.39. The van der Waals surface area contributed by atoms with E-state index in [1.54, 1.807) is 6.07 Å². The highest BCUT2D eigenvalue weighted by atomic mass is 32.1. The molecule has 1 atom stereocenters. The Morgan fingerprint density at radius 3 is 2.06 bits per heavy atom. The molecule has 0 amide bonds. The second-order valence-corrected chi connectivity index (χ2v) is 6.82. The van der Waals surface area contributed by atoms with Gasteiger partial charge in [0.15, 0.2) is 0 Å². The predicted octanol–water partition coefficient (Wildman–Crippen LogP) is 4.48. The molecule has 0 aliphatic heterocycles. The van der Waals surface area contributed by atoms with Crippen LogP contribution in [0.3, 0.4) is 0 Å². The van der Waals surface area contributed by atoms with Crippen molar-refractivity contribution in [1.82, 2.24) is 0 Å². The Balaban J connectivity index is 3.31. The van der Waals surface area contributed by atoms with Crippen LogP contribution in [0.4, 0.5) is 0 Å². The van der Waals surface area contributed by atoms with Crippen molar-refractivity contribution in [3.8, 4) is 5.75 Å². The average molecular weight is 252 g/mol. The van der Waals surface area contributed by atoms with Crippen molar-refractivity contribution in [2.45, 2.75) is 40.5 Å². The Morgan fingerprint density at radius 2 is 1.65 bits per heavy atom. The number of hydrogen-bond acceptors (Lipinski definition) is 2. The molecule has 2 heteroatoms. The Hall–Kier alpha value is -0.630. The SMILES string of the molecule is CC(C)(C)C(c1ccccc1O)C(C)(C)CS. The lowest BCUT2D eigenvalue weighted by Gasteiger charge is -2.42. The number of thiol groups is 1. The van der Waals surface area contributed by atoms with Gasteiger partial charge in [-0.25, -0.2) is 0 Å². The molecule has 0 radical (unpaired) electrons. The van der Waals surface area contributed by atoms with E-state index in [9.17, 15) is 5.11 Å². The van der Waals surface area contributed by atoms with Gasteiger partial charge in [-0.3, -0.25) is 0 Å². The number of para-hydroxylation sites is 1. The molecule has 1 unspecified atom stereocenters. The topological polar surface area (TPSA) is 20.2 Å². The molecule has 1 rings (SSSR count). The van der Waals surface area contributed by atoms with Gasteiger partial charge in [0.05, 0.1) is 0 Å². The third-order valence-electron chi connectivity index (χ3n) is 3.30. The fourth-order valence-corrected chi connectivity index (χ4v) is 3.07. The molecule has 1 N–H and O–H groups in total. The van der Waals surface area contributed by atoms with Gasteiger partial charge in [-0.1, -0.05) is 52.8 Å². The van der Waals surface area contributed by atoms with Gasteiger partial charge >= 0.3 is 0 Å². The van der Waals surface area contributed by atoms with Crippen molar-refractivity contribution < 1.29 is 5.11 Å². The zero-order valence-corrected chi connectivity index (χ0v) is 12.4. The van der Waals surface area contributed by atoms with Crippen molar-refractivity contribution in [3.05, 3.63) is 29.8 Å². The number of phenols is 1. The molecule has 0 aromatic heterocycles. The lowest BCUT2D eigenvalue weighted by Crippen LogP contribution is -2.34. The normalized spacial score (nSPS) is 14.7. The first-order valence-electron chi connectivity index (χ1n) is 6.09. The van der Waals surface area contributed by atoms with Crippen molar-refractivity contribution in [1.29, 1.82) is 0 Å². The molecular weight excluding hydrogens is 228 g/mol. The average Bonchev–Trinajstić information content (AvgIpc) is 2.19. The van der Waals surface area contributed by atoms with E-state index in [4.69, 9.17) is 0 Å². The summed E-state index contributed by atoms with van der Waals surface area (Å²) >= 11 is 4.48. The van der Waals surface area contributed by atoms with Gasteiger partial charge in [0.25, 0.3) is 0 Å². The van der Waals surface area contributed by atoms with Crippen LogP contribution in [0.25, 0.3) is 0 Å². The van der Waals surface area contributed by atoms with E-state index in [0.717, 1.165) is 11.3 Å². The molecule has 96 valence electrons. The summed E-state index contributed by atoms with van der Waals surface area (Å²) in [6.45, 7) is 11.1. The van der Waals surface area contributed by atoms with Crippen LogP contribution in [0.1, 0.15) is 46.1 Å². The summed E-state index contributed by atoms with van der Waals surface area (Å²) in [6, 6.07) is 7.65. The zero-order chi connectivity index (χ0) is 13.3. The Kier molecular flexibility index (Phi) is 4.19. The first kappa shape index (κ1) is 14.4. The molecule has 1 aromatic rings. The molecular formula is C15H24OS. The minimum Gasteiger partial charge on any atom is -0.508 e. The summed E-state index contributed by atoms with van der Waals surface area (Å²) in [7, 11) is 0. The lowest BCUT2D eigenvalue weighted by molar-refractivity contribution is 0.177. The van der Waals surface area contributed by atoms with Crippen LogP contribution in [0.2, 0.25) is 0 Å². The summed E-state index contributed by atoms with van der Waals surface area (Å²) in [4.78, 5) is 0. The van der Waals surface area contributed by atoms with Gasteiger partial charge in [0.1, 0.15) is 5.75 Å². The zero-order valence-electron chi connectivity index (χ0n) is 11.5. The maximum atomic E-state index is 10.1. The van der Waals surface area contributed by atoms with Crippen molar-refractivity contribution in [2.75, 3.05) is 5.75 Å². The molecule has 0 aliphatic carbocycles. The van der Waals surface area contributed by atoms with Crippen LogP contribution in [-0.4, -0.2) is 10.9 Å². The Morgan fingerprint density at radius 1 is 1.12 bits per heavy atom. The number of hydrogen-bond donors (Lipinski definition) is 2. The summed E-state index contributed by atoms with van der Waals surface area (Å²) in [5.41, 5.74) is 1.16. The third-order valence-corrected chi connectivity index (χ3v) is 4.12. The standard InChI is InChI=1S/C15H24OS/c1-14(2,3)13(15(4,5)10-17)11-8-6-7-9-12(11)16/h6-9,13,16-17H,10H2,1-5H3. The van der Waals surface area contributed by atoms with E-state index in [-0.39, 0.29) is 16.7 Å². The molecule has 0 saturated heterocycles. The van der Waals surface area contributed by atoms with Gasteiger partial charge in [-0.05, 0) is 34.1 Å². The van der Waals surface area contributed by atoms with E-state index >= 15 is 0 Å². The Bertz CT molecular complexity index is 377. The van der Waals surface area contributed by atoms with E-state index < -0.39 is 0 Å². The number of benzene rings is 1. The number of rotatable bonds is 3. The second kappa shape index (κ2) is 4.93. The molecule has 1 aromatic carbocycles. The number of aromatic hydroxyl groups is 1. The molecule has 1 nitrogen and oxygen atoms in total. The first-order chi connectivity index (χ1) is 7.70. The van der Waals surface area contributed by atoms with Crippen molar-refractivity contribution in [2.24, 2.45) is 10.8 Å². The third kappa shape index (κ3) is 3.19. The number of phenolic OH excluding ortho intramolecular Hbond substituents is 1. The molecule has 0 spiro atoms. The van der Waals surface area contributed by atoms with E-state index in [0.29, 0.717) is 5.75 Å². The molecule has 0 saturated carbocycles. The van der Waals surface area contributed by atoms with Gasteiger partial charge in [-0.15, -0.1) is 0 Å². The molecule has 0 heterocycles. The van der Waals surface area contributed by atoms with E-state index in [1.807, 2.05) is 18.2 Å². The molecule has 0 aliphatic rings. The minimum atomic E-state index is 0.0419. The Labute approximate surface area is 111 Å². The first-order valence-corrected chi connectivity index (χ1v) is 6.72. The highest BCUT2D eigenvalue weighted by Crippen LogP contribution is 2.50. The molecule has 0 bridgehead atoms. The van der Waals surface area contributed by atoms with Crippen molar-refractivity contribution in [3.63, 3.8) is 0 Å². The smallest absolute Gasteiger partial charge is 0.119 e. The monoisotopic (exact) mass is 252 g/mol.